The van der Waals surface area contributed by atoms with E-state index in [0.29, 0.717) is 6.61 Å². The van der Waals surface area contributed by atoms with Crippen molar-refractivity contribution in [1.82, 2.24) is 0 Å². The van der Waals surface area contributed by atoms with Crippen LogP contribution in [0.1, 0.15) is 16.7 Å². The highest BCUT2D eigenvalue weighted by atomic mass is 16.5. The lowest BCUT2D eigenvalue weighted by Crippen LogP contribution is -2.39. The number of aliphatic hydroxyl groups is 2. The number of aryl methyl sites for hydroxylation is 1. The summed E-state index contributed by atoms with van der Waals surface area (Å²) in [5, 5.41) is 19.6. The first-order valence-corrected chi connectivity index (χ1v) is 7.11. The third-order valence-electron chi connectivity index (χ3n) is 3.73. The summed E-state index contributed by atoms with van der Waals surface area (Å²) in [5.74, 6) is 0. The molecule has 2 rings (SSSR count). The fourth-order valence-corrected chi connectivity index (χ4v) is 2.32. The van der Waals surface area contributed by atoms with E-state index in [2.05, 4.69) is 0 Å². The molecule has 0 aliphatic heterocycles. The van der Waals surface area contributed by atoms with E-state index in [0.717, 1.165) is 16.7 Å². The van der Waals surface area contributed by atoms with Crippen LogP contribution in [-0.4, -0.2) is 30.0 Å². The van der Waals surface area contributed by atoms with Crippen LogP contribution in [0.4, 0.5) is 0 Å². The molecule has 112 valence electrons. The lowest BCUT2D eigenvalue weighted by molar-refractivity contribution is 0.0130. The zero-order valence-electron chi connectivity index (χ0n) is 12.3. The Morgan fingerprint density at radius 2 is 1.67 bits per heavy atom. The molecule has 2 N–H and O–H groups in total. The molecule has 0 fully saturated rings. The second-order valence-electron chi connectivity index (χ2n) is 5.44. The van der Waals surface area contributed by atoms with Crippen LogP contribution in [0.3, 0.4) is 0 Å². The van der Waals surface area contributed by atoms with Gasteiger partial charge in [0.2, 0.25) is 0 Å². The molecule has 0 radical (unpaired) electrons. The summed E-state index contributed by atoms with van der Waals surface area (Å²) in [5.41, 5.74) is 2.31. The Labute approximate surface area is 125 Å². The summed E-state index contributed by atoms with van der Waals surface area (Å²) in [6.45, 7) is 2.43. The largest absolute Gasteiger partial charge is 0.395 e. The Hall–Kier alpha value is -1.68. The lowest BCUT2D eigenvalue weighted by Gasteiger charge is -2.30. The smallest absolute Gasteiger partial charge is 0.0717 e. The molecule has 0 heterocycles. The van der Waals surface area contributed by atoms with Crippen molar-refractivity contribution in [2.75, 3.05) is 19.8 Å². The molecule has 0 aromatic heterocycles. The standard InChI is InChI=1S/C18H22O3/c1-15-6-5-9-17(10-15)18(12-19,13-20)14-21-11-16-7-3-2-4-8-16/h2-10,19-20H,11-14H2,1H3. The van der Waals surface area contributed by atoms with Crippen molar-refractivity contribution in [1.29, 1.82) is 0 Å². The van der Waals surface area contributed by atoms with Gasteiger partial charge < -0.3 is 14.9 Å². The molecule has 21 heavy (non-hydrogen) atoms. The predicted molar refractivity (Wildman–Crippen MR) is 83.1 cm³/mol. The van der Waals surface area contributed by atoms with Gasteiger partial charge in [0.15, 0.2) is 0 Å². The number of aliphatic hydroxyl groups excluding tert-OH is 2. The van der Waals surface area contributed by atoms with Gasteiger partial charge >= 0.3 is 0 Å². The highest BCUT2D eigenvalue weighted by Crippen LogP contribution is 2.25. The van der Waals surface area contributed by atoms with Crippen LogP contribution >= 0.6 is 0 Å². The maximum absolute atomic E-state index is 9.78. The second kappa shape index (κ2) is 7.36. The maximum atomic E-state index is 9.78. The summed E-state index contributed by atoms with van der Waals surface area (Å²) in [6, 6.07) is 17.7. The van der Waals surface area contributed by atoms with Gasteiger partial charge in [0.05, 0.1) is 31.8 Å². The van der Waals surface area contributed by atoms with Crippen molar-refractivity contribution < 1.29 is 14.9 Å². The molecule has 3 heteroatoms. The third-order valence-corrected chi connectivity index (χ3v) is 3.73. The molecule has 0 bridgehead atoms. The van der Waals surface area contributed by atoms with Gasteiger partial charge in [0, 0.05) is 0 Å². The van der Waals surface area contributed by atoms with Gasteiger partial charge in [-0.2, -0.15) is 0 Å². The number of hydrogen-bond acceptors (Lipinski definition) is 3. The number of hydrogen-bond donors (Lipinski definition) is 2. The number of ether oxygens (including phenoxy) is 1. The van der Waals surface area contributed by atoms with E-state index in [9.17, 15) is 10.2 Å². The zero-order chi connectivity index (χ0) is 15.1. The van der Waals surface area contributed by atoms with Crippen LogP contribution in [0.2, 0.25) is 0 Å². The molecule has 0 unspecified atom stereocenters. The van der Waals surface area contributed by atoms with E-state index in [-0.39, 0.29) is 19.8 Å². The Balaban J connectivity index is 2.08. The van der Waals surface area contributed by atoms with Crippen molar-refractivity contribution in [3.05, 3.63) is 71.3 Å². The van der Waals surface area contributed by atoms with Crippen molar-refractivity contribution in [3.8, 4) is 0 Å². The van der Waals surface area contributed by atoms with Crippen molar-refractivity contribution >= 4 is 0 Å². The molecule has 0 aliphatic rings. The molecule has 2 aromatic rings. The normalized spacial score (nSPS) is 11.6. The van der Waals surface area contributed by atoms with E-state index in [1.165, 1.54) is 0 Å². The molecule has 0 saturated heterocycles. The quantitative estimate of drug-likeness (QED) is 0.822. The highest BCUT2D eigenvalue weighted by molar-refractivity contribution is 5.30. The Bertz CT molecular complexity index is 547. The zero-order valence-corrected chi connectivity index (χ0v) is 12.3. The third kappa shape index (κ3) is 3.91. The van der Waals surface area contributed by atoms with Crippen LogP contribution in [0.5, 0.6) is 0 Å². The fourth-order valence-electron chi connectivity index (χ4n) is 2.32. The van der Waals surface area contributed by atoms with Gasteiger partial charge in [-0.05, 0) is 18.1 Å². The van der Waals surface area contributed by atoms with E-state index in [1.807, 2.05) is 61.5 Å². The molecule has 0 saturated carbocycles. The summed E-state index contributed by atoms with van der Waals surface area (Å²) in [6.07, 6.45) is 0. The molecule has 0 spiro atoms. The second-order valence-corrected chi connectivity index (χ2v) is 5.44. The van der Waals surface area contributed by atoms with E-state index >= 15 is 0 Å². The van der Waals surface area contributed by atoms with Gasteiger partial charge in [-0.1, -0.05) is 60.2 Å². The minimum atomic E-state index is -0.763. The topological polar surface area (TPSA) is 49.7 Å². The molecule has 0 aliphatic carbocycles. The first kappa shape index (κ1) is 15.7. The van der Waals surface area contributed by atoms with Crippen LogP contribution in [0, 0.1) is 6.92 Å². The molecule has 0 atom stereocenters. The average Bonchev–Trinajstić information content (AvgIpc) is 2.53. The van der Waals surface area contributed by atoms with Crippen molar-refractivity contribution in [2.45, 2.75) is 18.9 Å². The van der Waals surface area contributed by atoms with E-state index in [1.54, 1.807) is 0 Å². The van der Waals surface area contributed by atoms with Crippen LogP contribution < -0.4 is 0 Å². The highest BCUT2D eigenvalue weighted by Gasteiger charge is 2.31. The minimum Gasteiger partial charge on any atom is -0.395 e. The minimum absolute atomic E-state index is 0.151. The SMILES string of the molecule is Cc1cccc(C(CO)(CO)COCc2ccccc2)c1. The predicted octanol–water partition coefficient (Wildman–Crippen LogP) is 2.43. The molecule has 3 nitrogen and oxygen atoms in total. The van der Waals surface area contributed by atoms with Crippen molar-refractivity contribution in [3.63, 3.8) is 0 Å². The molecular weight excluding hydrogens is 264 g/mol. The summed E-state index contributed by atoms with van der Waals surface area (Å²) >= 11 is 0. The first-order chi connectivity index (χ1) is 10.2. The summed E-state index contributed by atoms with van der Waals surface area (Å²) < 4.78 is 5.74. The van der Waals surface area contributed by atoms with Crippen LogP contribution in [0.25, 0.3) is 0 Å². The van der Waals surface area contributed by atoms with Gasteiger partial charge in [-0.25, -0.2) is 0 Å². The summed E-state index contributed by atoms with van der Waals surface area (Å²) in [7, 11) is 0. The van der Waals surface area contributed by atoms with Crippen molar-refractivity contribution in [2.24, 2.45) is 0 Å². The Morgan fingerprint density at radius 1 is 0.952 bits per heavy atom. The van der Waals surface area contributed by atoms with Crippen LogP contribution in [0.15, 0.2) is 54.6 Å². The van der Waals surface area contributed by atoms with Gasteiger partial charge in [-0.3, -0.25) is 0 Å². The Morgan fingerprint density at radius 3 is 2.29 bits per heavy atom. The number of benzene rings is 2. The van der Waals surface area contributed by atoms with E-state index < -0.39 is 5.41 Å². The van der Waals surface area contributed by atoms with Gasteiger partial charge in [0.1, 0.15) is 0 Å². The van der Waals surface area contributed by atoms with Gasteiger partial charge in [-0.15, -0.1) is 0 Å². The summed E-state index contributed by atoms with van der Waals surface area (Å²) in [4.78, 5) is 0. The molecular formula is C18H22O3. The van der Waals surface area contributed by atoms with Gasteiger partial charge in [0.25, 0.3) is 0 Å². The molecule has 0 amide bonds. The van der Waals surface area contributed by atoms with Crippen LogP contribution in [-0.2, 0) is 16.8 Å². The Kier molecular flexibility index (Phi) is 5.51. The average molecular weight is 286 g/mol. The maximum Gasteiger partial charge on any atom is 0.0717 e. The lowest BCUT2D eigenvalue weighted by atomic mass is 9.82. The fraction of sp³-hybridized carbons (Fsp3) is 0.333. The molecule has 2 aromatic carbocycles. The van der Waals surface area contributed by atoms with E-state index in [4.69, 9.17) is 4.74 Å². The first-order valence-electron chi connectivity index (χ1n) is 7.11. The number of rotatable bonds is 7. The monoisotopic (exact) mass is 286 g/mol.